The summed E-state index contributed by atoms with van der Waals surface area (Å²) in [5.41, 5.74) is -1.77. The summed E-state index contributed by atoms with van der Waals surface area (Å²) in [6, 6.07) is -1.26. The molecule has 1 fully saturated rings. The molecule has 0 radical (unpaired) electrons. The monoisotopic (exact) mass is 322 g/mol. The number of amides is 1. The summed E-state index contributed by atoms with van der Waals surface area (Å²) in [5.74, 6) is -0.806. The summed E-state index contributed by atoms with van der Waals surface area (Å²) >= 11 is 0. The number of carbonyl (C=O) groups excluding carboxylic acids is 2. The van der Waals surface area contributed by atoms with E-state index in [2.05, 4.69) is 9.46 Å². The van der Waals surface area contributed by atoms with E-state index >= 15 is 0 Å². The fourth-order valence-electron chi connectivity index (χ4n) is 2.02. The van der Waals surface area contributed by atoms with Crippen molar-refractivity contribution in [2.24, 2.45) is 0 Å². The molecule has 0 aromatic rings. The van der Waals surface area contributed by atoms with Crippen molar-refractivity contribution in [2.45, 2.75) is 58.2 Å². The first-order valence-electron chi connectivity index (χ1n) is 6.43. The van der Waals surface area contributed by atoms with Crippen LogP contribution in [0.1, 0.15) is 41.0 Å². The third-order valence-corrected chi connectivity index (χ3v) is 4.43. The van der Waals surface area contributed by atoms with Gasteiger partial charge in [-0.25, -0.2) is 9.59 Å². The summed E-state index contributed by atoms with van der Waals surface area (Å²) in [5, 5.41) is 0. The van der Waals surface area contributed by atoms with Gasteiger partial charge in [-0.2, -0.15) is 17.4 Å². The number of nitrogens with zero attached hydrogens (tertiary/aromatic N) is 1. The quantitative estimate of drug-likeness (QED) is 0.716. The Morgan fingerprint density at radius 1 is 1.29 bits per heavy atom. The summed E-state index contributed by atoms with van der Waals surface area (Å²) in [6.07, 6.45) is -1.03. The molecular formula is C12H22N2O6S. The molecule has 1 amide bonds. The average Bonchev–Trinajstić information content (AvgIpc) is 2.20. The molecule has 0 bridgehead atoms. The smallest absolute Gasteiger partial charge is 0.425 e. The van der Waals surface area contributed by atoms with Crippen LogP contribution in [0.4, 0.5) is 4.79 Å². The molecule has 0 saturated carbocycles. The second-order valence-electron chi connectivity index (χ2n) is 6.51. The van der Waals surface area contributed by atoms with Gasteiger partial charge in [0.05, 0.1) is 7.11 Å². The van der Waals surface area contributed by atoms with Crippen LogP contribution in [-0.4, -0.2) is 49.1 Å². The number of nitrogens with one attached hydrogen (secondary N) is 1. The molecule has 1 unspecified atom stereocenters. The summed E-state index contributed by atoms with van der Waals surface area (Å²) in [6.45, 7) is 8.05. The maximum absolute atomic E-state index is 12.3. The molecule has 21 heavy (non-hydrogen) atoms. The normalized spacial score (nSPS) is 24.3. The van der Waals surface area contributed by atoms with E-state index in [9.17, 15) is 18.0 Å². The van der Waals surface area contributed by atoms with Gasteiger partial charge in [-0.3, -0.25) is 0 Å². The molecule has 1 heterocycles. The van der Waals surface area contributed by atoms with Crippen molar-refractivity contribution >= 4 is 22.3 Å². The fraction of sp³-hybridized carbons (Fsp3) is 0.833. The number of ether oxygens (including phenoxy) is 2. The van der Waals surface area contributed by atoms with Crippen LogP contribution in [-0.2, 0) is 24.5 Å². The number of hydrogen-bond donors (Lipinski definition) is 1. The minimum absolute atomic E-state index is 0.0815. The van der Waals surface area contributed by atoms with E-state index in [1.807, 2.05) is 0 Å². The molecule has 1 rings (SSSR count). The highest BCUT2D eigenvalue weighted by Crippen LogP contribution is 2.28. The van der Waals surface area contributed by atoms with Crippen LogP contribution in [0, 0.1) is 0 Å². The Morgan fingerprint density at radius 3 is 2.24 bits per heavy atom. The average molecular weight is 322 g/mol. The molecular weight excluding hydrogens is 300 g/mol. The zero-order chi connectivity index (χ0) is 16.6. The maximum atomic E-state index is 12.3. The third kappa shape index (κ3) is 4.31. The van der Waals surface area contributed by atoms with Crippen molar-refractivity contribution in [3.63, 3.8) is 0 Å². The number of rotatable bonds is 1. The van der Waals surface area contributed by atoms with Gasteiger partial charge in [-0.15, -0.1) is 0 Å². The molecule has 1 N–H and O–H groups in total. The van der Waals surface area contributed by atoms with Crippen molar-refractivity contribution in [3.8, 4) is 0 Å². The summed E-state index contributed by atoms with van der Waals surface area (Å²) in [4.78, 5) is 24.0. The van der Waals surface area contributed by atoms with Gasteiger partial charge in [0.25, 0.3) is 0 Å². The maximum Gasteiger partial charge on any atom is 0.425 e. The highest BCUT2D eigenvalue weighted by molar-refractivity contribution is 7.87. The standard InChI is InChI=1S/C12H22N2O6S/c1-11(2,3)20-10(16)14-8(9(15)19-6)7-12(4,5)13-21(14,17)18/h8,13H,7H2,1-6H3. The van der Waals surface area contributed by atoms with Gasteiger partial charge in [0.15, 0.2) is 6.04 Å². The van der Waals surface area contributed by atoms with Gasteiger partial charge in [-0.1, -0.05) is 0 Å². The molecule has 1 aliphatic heterocycles. The molecule has 9 heteroatoms. The minimum atomic E-state index is -4.20. The van der Waals surface area contributed by atoms with Crippen LogP contribution in [0.15, 0.2) is 0 Å². The highest BCUT2D eigenvalue weighted by Gasteiger charge is 2.50. The molecule has 0 aromatic carbocycles. The van der Waals surface area contributed by atoms with Crippen LogP contribution in [0.25, 0.3) is 0 Å². The fourth-order valence-corrected chi connectivity index (χ4v) is 3.63. The zero-order valence-corrected chi connectivity index (χ0v) is 13.9. The molecule has 0 aliphatic carbocycles. The molecule has 1 atom stereocenters. The Kier molecular flexibility index (Phi) is 4.59. The Hall–Kier alpha value is -1.35. The SMILES string of the molecule is COC(=O)C1CC(C)(C)NS(=O)(=O)N1C(=O)OC(C)(C)C. The van der Waals surface area contributed by atoms with E-state index in [-0.39, 0.29) is 6.42 Å². The van der Waals surface area contributed by atoms with Crippen LogP contribution in [0.2, 0.25) is 0 Å². The minimum Gasteiger partial charge on any atom is -0.467 e. The predicted octanol–water partition coefficient (Wildman–Crippen LogP) is 0.782. The van der Waals surface area contributed by atoms with Crippen LogP contribution in [0.5, 0.6) is 0 Å². The van der Waals surface area contributed by atoms with E-state index < -0.39 is 39.5 Å². The zero-order valence-electron chi connectivity index (χ0n) is 13.1. The van der Waals surface area contributed by atoms with E-state index in [1.165, 1.54) is 0 Å². The Bertz CT molecular complexity index is 534. The van der Waals surface area contributed by atoms with E-state index in [0.717, 1.165) is 7.11 Å². The second-order valence-corrected chi connectivity index (χ2v) is 8.06. The largest absolute Gasteiger partial charge is 0.467 e. The highest BCUT2D eigenvalue weighted by atomic mass is 32.2. The van der Waals surface area contributed by atoms with Gasteiger partial charge in [-0.05, 0) is 41.0 Å². The Balaban J connectivity index is 3.22. The number of carbonyl (C=O) groups is 2. The van der Waals surface area contributed by atoms with Crippen LogP contribution in [0.3, 0.4) is 0 Å². The molecule has 0 aromatic heterocycles. The molecule has 1 aliphatic rings. The first kappa shape index (κ1) is 17.7. The molecule has 8 nitrogen and oxygen atoms in total. The third-order valence-electron chi connectivity index (χ3n) is 2.70. The lowest BCUT2D eigenvalue weighted by Gasteiger charge is -2.41. The van der Waals surface area contributed by atoms with Gasteiger partial charge in [0, 0.05) is 5.54 Å². The van der Waals surface area contributed by atoms with E-state index in [1.54, 1.807) is 34.6 Å². The first-order valence-corrected chi connectivity index (χ1v) is 7.87. The van der Waals surface area contributed by atoms with E-state index in [4.69, 9.17) is 4.74 Å². The number of hydrogen-bond acceptors (Lipinski definition) is 6. The lowest BCUT2D eigenvalue weighted by Crippen LogP contribution is -2.65. The lowest BCUT2D eigenvalue weighted by atomic mass is 9.96. The van der Waals surface area contributed by atoms with Crippen molar-refractivity contribution in [3.05, 3.63) is 0 Å². The predicted molar refractivity (Wildman–Crippen MR) is 74.6 cm³/mol. The van der Waals surface area contributed by atoms with E-state index in [0.29, 0.717) is 4.31 Å². The molecule has 122 valence electrons. The van der Waals surface area contributed by atoms with Gasteiger partial charge >= 0.3 is 22.3 Å². The van der Waals surface area contributed by atoms with Crippen molar-refractivity contribution < 1.29 is 27.5 Å². The Morgan fingerprint density at radius 2 is 1.81 bits per heavy atom. The summed E-state index contributed by atoms with van der Waals surface area (Å²) in [7, 11) is -3.06. The molecule has 1 saturated heterocycles. The van der Waals surface area contributed by atoms with Crippen molar-refractivity contribution in [1.29, 1.82) is 0 Å². The molecule has 0 spiro atoms. The Labute approximate surface area is 125 Å². The number of methoxy groups -OCH3 is 1. The van der Waals surface area contributed by atoms with Crippen molar-refractivity contribution in [2.75, 3.05) is 7.11 Å². The van der Waals surface area contributed by atoms with Gasteiger partial charge in [0.1, 0.15) is 5.60 Å². The summed E-state index contributed by atoms with van der Waals surface area (Å²) < 4.78 is 37.0. The van der Waals surface area contributed by atoms with Gasteiger partial charge in [0.2, 0.25) is 0 Å². The van der Waals surface area contributed by atoms with Crippen LogP contribution >= 0.6 is 0 Å². The lowest BCUT2D eigenvalue weighted by molar-refractivity contribution is -0.146. The first-order chi connectivity index (χ1) is 9.29. The van der Waals surface area contributed by atoms with Crippen LogP contribution < -0.4 is 4.72 Å². The topological polar surface area (TPSA) is 102 Å². The second kappa shape index (κ2) is 5.45. The number of esters is 1. The van der Waals surface area contributed by atoms with Gasteiger partial charge < -0.3 is 9.47 Å². The van der Waals surface area contributed by atoms with Crippen molar-refractivity contribution in [1.82, 2.24) is 9.03 Å².